The Morgan fingerprint density at radius 2 is 2.25 bits per heavy atom. The van der Waals surface area contributed by atoms with Gasteiger partial charge in [0.25, 0.3) is 0 Å². The molecule has 1 saturated carbocycles. The number of hydrogen-bond acceptors (Lipinski definition) is 7. The summed E-state index contributed by atoms with van der Waals surface area (Å²) in [5, 5.41) is 13.8. The summed E-state index contributed by atoms with van der Waals surface area (Å²) in [6, 6.07) is 4.23. The molecular weight excluding hydrogens is 364 g/mol. The minimum absolute atomic E-state index is 0.0335. The lowest BCUT2D eigenvalue weighted by molar-refractivity contribution is -0.119. The summed E-state index contributed by atoms with van der Waals surface area (Å²) >= 11 is 4.35. The number of amides is 2. The second-order valence-electron chi connectivity index (χ2n) is 5.34. The van der Waals surface area contributed by atoms with Crippen LogP contribution in [0.5, 0.6) is 0 Å². The molecule has 6 nitrogen and oxygen atoms in total. The van der Waals surface area contributed by atoms with Gasteiger partial charge in [-0.2, -0.15) is 0 Å². The zero-order valence-electron chi connectivity index (χ0n) is 13.2. The number of rotatable bonds is 8. The summed E-state index contributed by atoms with van der Waals surface area (Å²) < 4.78 is 0.714. The number of aromatic nitrogens is 2. The molecule has 0 bridgehead atoms. The quantitative estimate of drug-likeness (QED) is 0.561. The fraction of sp³-hybridized carbons (Fsp3) is 0.467. The summed E-state index contributed by atoms with van der Waals surface area (Å²) in [5.41, 5.74) is 0. The Hall–Kier alpha value is -1.45. The monoisotopic (exact) mass is 382 g/mol. The van der Waals surface area contributed by atoms with Gasteiger partial charge >= 0.3 is 0 Å². The average Bonchev–Trinajstić information content (AvgIpc) is 3.09. The van der Waals surface area contributed by atoms with Gasteiger partial charge in [0, 0.05) is 17.3 Å². The Morgan fingerprint density at radius 3 is 2.92 bits per heavy atom. The van der Waals surface area contributed by atoms with Crippen LogP contribution in [0, 0.1) is 0 Å². The van der Waals surface area contributed by atoms with Gasteiger partial charge < -0.3 is 5.32 Å². The number of hydrogen-bond donors (Lipinski definition) is 1. The topological polar surface area (TPSA) is 75.2 Å². The van der Waals surface area contributed by atoms with E-state index in [-0.39, 0.29) is 17.9 Å². The summed E-state index contributed by atoms with van der Waals surface area (Å²) in [6.45, 7) is 2.41. The van der Waals surface area contributed by atoms with Crippen LogP contribution in [0.4, 0.5) is 5.13 Å². The molecule has 0 aliphatic heterocycles. The Morgan fingerprint density at radius 1 is 1.42 bits per heavy atom. The molecule has 2 amide bonds. The number of carbonyl (C=O) groups excluding carboxylic acids is 2. The third-order valence-electron chi connectivity index (χ3n) is 3.45. The zero-order chi connectivity index (χ0) is 16.9. The third kappa shape index (κ3) is 4.55. The van der Waals surface area contributed by atoms with Gasteiger partial charge in [0.15, 0.2) is 4.34 Å². The first-order valence-corrected chi connectivity index (χ1v) is 10.4. The molecule has 0 radical (unpaired) electrons. The van der Waals surface area contributed by atoms with E-state index in [1.807, 2.05) is 24.4 Å². The van der Waals surface area contributed by atoms with Gasteiger partial charge in [-0.05, 0) is 24.3 Å². The van der Waals surface area contributed by atoms with Crippen molar-refractivity contribution >= 4 is 51.4 Å². The minimum atomic E-state index is -0.0335. The van der Waals surface area contributed by atoms with Crippen molar-refractivity contribution in [3.05, 3.63) is 22.4 Å². The van der Waals surface area contributed by atoms with E-state index in [0.29, 0.717) is 28.2 Å². The lowest BCUT2D eigenvalue weighted by Gasteiger charge is -2.17. The third-order valence-corrected chi connectivity index (χ3v) is 6.38. The largest absolute Gasteiger partial charge is 0.350 e. The van der Waals surface area contributed by atoms with Crippen LogP contribution in [0.3, 0.4) is 0 Å². The SMILES string of the molecule is CCC(=O)N(c1nnc(SCC(=O)NCc2cccs2)s1)C1CC1. The van der Waals surface area contributed by atoms with Crippen molar-refractivity contribution in [2.75, 3.05) is 10.7 Å². The standard InChI is InChI=1S/C15H18N4O2S3/c1-2-13(21)19(10-5-6-10)14-17-18-15(24-14)23-9-12(20)16-8-11-4-3-7-22-11/h3-4,7,10H,2,5-6,8-9H2,1H3,(H,16,20). The Bertz CT molecular complexity index is 697. The van der Waals surface area contributed by atoms with Crippen molar-refractivity contribution in [1.29, 1.82) is 0 Å². The molecule has 3 rings (SSSR count). The van der Waals surface area contributed by atoms with Crippen LogP contribution in [-0.4, -0.2) is 33.8 Å². The highest BCUT2D eigenvalue weighted by molar-refractivity contribution is 8.01. The molecule has 0 saturated heterocycles. The molecule has 0 unspecified atom stereocenters. The van der Waals surface area contributed by atoms with Crippen molar-refractivity contribution in [3.63, 3.8) is 0 Å². The molecule has 1 fully saturated rings. The van der Waals surface area contributed by atoms with Gasteiger partial charge in [0.2, 0.25) is 16.9 Å². The van der Waals surface area contributed by atoms with Crippen LogP contribution < -0.4 is 10.2 Å². The number of anilines is 1. The maximum atomic E-state index is 12.1. The Labute approximate surface area is 152 Å². The second-order valence-corrected chi connectivity index (χ2v) is 8.55. The van der Waals surface area contributed by atoms with Gasteiger partial charge in [-0.3, -0.25) is 14.5 Å². The molecule has 1 aliphatic rings. The molecule has 128 valence electrons. The predicted octanol–water partition coefficient (Wildman–Crippen LogP) is 2.91. The molecule has 0 aromatic carbocycles. The van der Waals surface area contributed by atoms with Gasteiger partial charge in [0.05, 0.1) is 12.3 Å². The maximum absolute atomic E-state index is 12.1. The number of carbonyl (C=O) groups is 2. The molecule has 2 aromatic rings. The van der Waals surface area contributed by atoms with Gasteiger partial charge in [-0.1, -0.05) is 36.1 Å². The van der Waals surface area contributed by atoms with Crippen LogP contribution in [0.2, 0.25) is 0 Å². The van der Waals surface area contributed by atoms with Crippen LogP contribution in [-0.2, 0) is 16.1 Å². The summed E-state index contributed by atoms with van der Waals surface area (Å²) in [7, 11) is 0. The first kappa shape index (κ1) is 17.4. The molecule has 2 heterocycles. The summed E-state index contributed by atoms with van der Waals surface area (Å²) in [5.74, 6) is 0.346. The molecule has 24 heavy (non-hydrogen) atoms. The van der Waals surface area contributed by atoms with E-state index in [9.17, 15) is 9.59 Å². The maximum Gasteiger partial charge on any atom is 0.230 e. The molecule has 1 aliphatic carbocycles. The molecule has 0 atom stereocenters. The molecule has 1 N–H and O–H groups in total. The van der Waals surface area contributed by atoms with E-state index >= 15 is 0 Å². The van der Waals surface area contributed by atoms with Crippen LogP contribution >= 0.6 is 34.4 Å². The molecular formula is C15H18N4O2S3. The fourth-order valence-electron chi connectivity index (χ4n) is 2.10. The molecule has 0 spiro atoms. The second kappa shape index (κ2) is 8.09. The number of nitrogens with one attached hydrogen (secondary N) is 1. The highest BCUT2D eigenvalue weighted by Gasteiger charge is 2.35. The molecule has 2 aromatic heterocycles. The van der Waals surface area contributed by atoms with E-state index in [4.69, 9.17) is 0 Å². The van der Waals surface area contributed by atoms with E-state index in [2.05, 4.69) is 15.5 Å². The van der Waals surface area contributed by atoms with Crippen molar-refractivity contribution in [2.45, 2.75) is 43.1 Å². The summed E-state index contributed by atoms with van der Waals surface area (Å²) in [4.78, 5) is 26.8. The fourth-order valence-corrected chi connectivity index (χ4v) is 4.51. The van der Waals surface area contributed by atoms with E-state index in [0.717, 1.165) is 17.7 Å². The van der Waals surface area contributed by atoms with Crippen LogP contribution in [0.1, 0.15) is 31.1 Å². The highest BCUT2D eigenvalue weighted by atomic mass is 32.2. The predicted molar refractivity (Wildman–Crippen MR) is 97.6 cm³/mol. The minimum Gasteiger partial charge on any atom is -0.350 e. The van der Waals surface area contributed by atoms with Crippen molar-refractivity contribution in [2.24, 2.45) is 0 Å². The van der Waals surface area contributed by atoms with E-state index < -0.39 is 0 Å². The number of thiophene rings is 1. The Kier molecular flexibility index (Phi) is 5.85. The highest BCUT2D eigenvalue weighted by Crippen LogP contribution is 2.36. The van der Waals surface area contributed by atoms with Gasteiger partial charge in [0.1, 0.15) is 0 Å². The molecule has 9 heteroatoms. The van der Waals surface area contributed by atoms with Gasteiger partial charge in [-0.15, -0.1) is 21.5 Å². The lowest BCUT2D eigenvalue weighted by atomic mass is 10.4. The van der Waals surface area contributed by atoms with Crippen LogP contribution in [0.25, 0.3) is 0 Å². The summed E-state index contributed by atoms with van der Waals surface area (Å²) in [6.07, 6.45) is 2.52. The average molecular weight is 383 g/mol. The number of nitrogens with zero attached hydrogens (tertiary/aromatic N) is 3. The smallest absolute Gasteiger partial charge is 0.230 e. The number of thioether (sulfide) groups is 1. The Balaban J connectivity index is 1.50. The first-order valence-electron chi connectivity index (χ1n) is 7.74. The normalized spacial score (nSPS) is 13.7. The van der Waals surface area contributed by atoms with E-state index in [1.165, 1.54) is 23.1 Å². The first-order chi connectivity index (χ1) is 11.7. The van der Waals surface area contributed by atoms with Gasteiger partial charge in [-0.25, -0.2) is 0 Å². The van der Waals surface area contributed by atoms with E-state index in [1.54, 1.807) is 16.2 Å². The van der Waals surface area contributed by atoms with Crippen molar-refractivity contribution in [1.82, 2.24) is 15.5 Å². The van der Waals surface area contributed by atoms with Crippen LogP contribution in [0.15, 0.2) is 21.9 Å². The van der Waals surface area contributed by atoms with Crippen molar-refractivity contribution < 1.29 is 9.59 Å². The zero-order valence-corrected chi connectivity index (χ0v) is 15.7. The lowest BCUT2D eigenvalue weighted by Crippen LogP contribution is -2.32. The van der Waals surface area contributed by atoms with Crippen molar-refractivity contribution in [3.8, 4) is 0 Å².